The molecule has 0 bridgehead atoms. The summed E-state index contributed by atoms with van der Waals surface area (Å²) in [6, 6.07) is 8.04. The van der Waals surface area contributed by atoms with Gasteiger partial charge in [0.1, 0.15) is 6.07 Å². The number of carbonyl (C=O) groups excluding carboxylic acids is 1. The van der Waals surface area contributed by atoms with Crippen molar-refractivity contribution in [3.05, 3.63) is 29.8 Å². The van der Waals surface area contributed by atoms with Gasteiger partial charge in [0.25, 0.3) is 0 Å². The SMILES string of the molecule is N#Cc1ccccc1NC(=O)CN(CCO)CC(F)(F)F. The normalized spacial score (nSPS) is 11.2. The molecule has 0 heterocycles. The van der Waals surface area contributed by atoms with Crippen LogP contribution >= 0.6 is 0 Å². The Morgan fingerprint density at radius 3 is 2.62 bits per heavy atom. The predicted molar refractivity (Wildman–Crippen MR) is 69.4 cm³/mol. The van der Waals surface area contributed by atoms with Crippen molar-refractivity contribution in [2.45, 2.75) is 6.18 Å². The number of para-hydroxylation sites is 1. The Balaban J connectivity index is 2.68. The second kappa shape index (κ2) is 7.61. The van der Waals surface area contributed by atoms with Crippen LogP contribution in [0.3, 0.4) is 0 Å². The molecule has 0 aromatic heterocycles. The number of carbonyl (C=O) groups is 1. The molecule has 0 atom stereocenters. The third-order valence-corrected chi connectivity index (χ3v) is 2.51. The van der Waals surface area contributed by atoms with Gasteiger partial charge in [-0.25, -0.2) is 0 Å². The van der Waals surface area contributed by atoms with E-state index in [1.807, 2.05) is 6.07 Å². The van der Waals surface area contributed by atoms with Gasteiger partial charge in [0.05, 0.1) is 30.9 Å². The molecule has 0 spiro atoms. The van der Waals surface area contributed by atoms with Crippen LogP contribution in [-0.2, 0) is 4.79 Å². The van der Waals surface area contributed by atoms with Crippen LogP contribution in [0.15, 0.2) is 24.3 Å². The van der Waals surface area contributed by atoms with Crippen LogP contribution in [-0.4, -0.2) is 48.3 Å². The minimum absolute atomic E-state index is 0.218. The lowest BCUT2D eigenvalue weighted by Crippen LogP contribution is -2.41. The number of hydrogen-bond donors (Lipinski definition) is 2. The average Bonchev–Trinajstić information content (AvgIpc) is 2.37. The first-order valence-electron chi connectivity index (χ1n) is 6.04. The van der Waals surface area contributed by atoms with E-state index in [9.17, 15) is 18.0 Å². The maximum absolute atomic E-state index is 12.3. The third kappa shape index (κ3) is 6.25. The highest BCUT2D eigenvalue weighted by atomic mass is 19.4. The number of halogens is 3. The van der Waals surface area contributed by atoms with Crippen molar-refractivity contribution in [3.8, 4) is 6.07 Å². The Labute approximate surface area is 119 Å². The number of aliphatic hydroxyl groups is 1. The van der Waals surface area contributed by atoms with Crippen molar-refractivity contribution in [3.63, 3.8) is 0 Å². The molecule has 8 heteroatoms. The lowest BCUT2D eigenvalue weighted by atomic mass is 10.2. The van der Waals surface area contributed by atoms with Gasteiger partial charge in [0.2, 0.25) is 5.91 Å². The topological polar surface area (TPSA) is 76.4 Å². The number of alkyl halides is 3. The van der Waals surface area contributed by atoms with Crippen LogP contribution in [0.25, 0.3) is 0 Å². The average molecular weight is 301 g/mol. The number of nitrogens with one attached hydrogen (secondary N) is 1. The quantitative estimate of drug-likeness (QED) is 0.831. The van der Waals surface area contributed by atoms with Crippen molar-refractivity contribution in [1.29, 1.82) is 5.26 Å². The molecular weight excluding hydrogens is 287 g/mol. The molecular formula is C13H14F3N3O2. The van der Waals surface area contributed by atoms with Gasteiger partial charge in [-0.15, -0.1) is 0 Å². The molecule has 0 aliphatic heterocycles. The van der Waals surface area contributed by atoms with E-state index in [1.165, 1.54) is 12.1 Å². The Kier molecular flexibility index (Phi) is 6.14. The zero-order chi connectivity index (χ0) is 15.9. The van der Waals surface area contributed by atoms with Gasteiger partial charge in [0.15, 0.2) is 0 Å². The van der Waals surface area contributed by atoms with E-state index in [-0.39, 0.29) is 17.8 Å². The van der Waals surface area contributed by atoms with Crippen molar-refractivity contribution in [2.24, 2.45) is 0 Å². The largest absolute Gasteiger partial charge is 0.401 e. The number of benzene rings is 1. The van der Waals surface area contributed by atoms with Gasteiger partial charge in [0, 0.05) is 6.54 Å². The molecule has 1 amide bonds. The smallest absolute Gasteiger partial charge is 0.395 e. The first-order chi connectivity index (χ1) is 9.85. The van der Waals surface area contributed by atoms with E-state index in [0.717, 1.165) is 4.90 Å². The minimum atomic E-state index is -4.46. The van der Waals surface area contributed by atoms with E-state index in [1.54, 1.807) is 12.1 Å². The molecule has 1 aromatic rings. The molecule has 0 fully saturated rings. The molecule has 0 aliphatic carbocycles. The Morgan fingerprint density at radius 1 is 1.38 bits per heavy atom. The summed E-state index contributed by atoms with van der Waals surface area (Å²) < 4.78 is 37.0. The molecule has 1 aromatic carbocycles. The summed E-state index contributed by atoms with van der Waals surface area (Å²) in [5.41, 5.74) is 0.455. The van der Waals surface area contributed by atoms with E-state index in [4.69, 9.17) is 10.4 Å². The van der Waals surface area contributed by atoms with Gasteiger partial charge < -0.3 is 10.4 Å². The Hall–Kier alpha value is -2.11. The third-order valence-electron chi connectivity index (χ3n) is 2.51. The molecule has 0 aliphatic rings. The highest BCUT2D eigenvalue weighted by Crippen LogP contribution is 2.17. The molecule has 0 saturated carbocycles. The van der Waals surface area contributed by atoms with Crippen molar-refractivity contribution < 1.29 is 23.1 Å². The number of nitriles is 1. The lowest BCUT2D eigenvalue weighted by molar-refractivity contribution is -0.148. The number of nitrogens with zero attached hydrogens (tertiary/aromatic N) is 2. The standard InChI is InChI=1S/C13H14F3N3O2/c14-13(15,16)9-19(5-6-20)8-12(21)18-11-4-2-1-3-10(11)7-17/h1-4,20H,5-6,8-9H2,(H,18,21). The van der Waals surface area contributed by atoms with Gasteiger partial charge in [-0.1, -0.05) is 12.1 Å². The fraction of sp³-hybridized carbons (Fsp3) is 0.385. The highest BCUT2D eigenvalue weighted by Gasteiger charge is 2.31. The molecule has 0 unspecified atom stereocenters. The summed E-state index contributed by atoms with van der Waals surface area (Å²) in [6.07, 6.45) is -4.46. The van der Waals surface area contributed by atoms with Crippen LogP contribution in [0, 0.1) is 11.3 Å². The van der Waals surface area contributed by atoms with Crippen LogP contribution in [0.2, 0.25) is 0 Å². The number of rotatable bonds is 6. The summed E-state index contributed by atoms with van der Waals surface area (Å²) in [4.78, 5) is 12.5. The maximum Gasteiger partial charge on any atom is 0.401 e. The van der Waals surface area contributed by atoms with E-state index in [2.05, 4.69) is 5.32 Å². The van der Waals surface area contributed by atoms with Crippen molar-refractivity contribution >= 4 is 11.6 Å². The molecule has 0 saturated heterocycles. The molecule has 114 valence electrons. The van der Waals surface area contributed by atoms with Crippen molar-refractivity contribution in [1.82, 2.24) is 4.90 Å². The van der Waals surface area contributed by atoms with Crippen LogP contribution in [0.4, 0.5) is 18.9 Å². The van der Waals surface area contributed by atoms with E-state index < -0.39 is 31.8 Å². The second-order valence-electron chi connectivity index (χ2n) is 4.26. The fourth-order valence-electron chi connectivity index (χ4n) is 1.69. The summed E-state index contributed by atoms with van der Waals surface area (Å²) >= 11 is 0. The van der Waals surface area contributed by atoms with Gasteiger partial charge in [-0.2, -0.15) is 18.4 Å². The Bertz CT molecular complexity index is 526. The van der Waals surface area contributed by atoms with Gasteiger partial charge in [-0.3, -0.25) is 9.69 Å². The predicted octanol–water partition coefficient (Wildman–Crippen LogP) is 1.35. The van der Waals surface area contributed by atoms with Crippen LogP contribution in [0.5, 0.6) is 0 Å². The molecule has 1 rings (SSSR count). The van der Waals surface area contributed by atoms with Crippen molar-refractivity contribution in [2.75, 3.05) is 31.6 Å². The highest BCUT2D eigenvalue weighted by molar-refractivity contribution is 5.93. The molecule has 5 nitrogen and oxygen atoms in total. The summed E-state index contributed by atoms with van der Waals surface area (Å²) in [5, 5.41) is 20.0. The minimum Gasteiger partial charge on any atom is -0.395 e. The number of hydrogen-bond acceptors (Lipinski definition) is 4. The molecule has 0 radical (unpaired) electrons. The second-order valence-corrected chi connectivity index (χ2v) is 4.26. The van der Waals surface area contributed by atoms with Gasteiger partial charge >= 0.3 is 6.18 Å². The first-order valence-corrected chi connectivity index (χ1v) is 6.04. The number of aliphatic hydroxyl groups excluding tert-OH is 1. The van der Waals surface area contributed by atoms with Crippen LogP contribution in [0.1, 0.15) is 5.56 Å². The maximum atomic E-state index is 12.3. The lowest BCUT2D eigenvalue weighted by Gasteiger charge is -2.22. The summed E-state index contributed by atoms with van der Waals surface area (Å²) in [6.45, 7) is -2.58. The Morgan fingerprint density at radius 2 is 2.05 bits per heavy atom. The number of amides is 1. The molecule has 21 heavy (non-hydrogen) atoms. The molecule has 2 N–H and O–H groups in total. The van der Waals surface area contributed by atoms with E-state index >= 15 is 0 Å². The zero-order valence-electron chi connectivity index (χ0n) is 11.0. The number of anilines is 1. The zero-order valence-corrected chi connectivity index (χ0v) is 11.0. The van der Waals surface area contributed by atoms with E-state index in [0.29, 0.717) is 0 Å². The first kappa shape index (κ1) is 16.9. The summed E-state index contributed by atoms with van der Waals surface area (Å²) in [5.74, 6) is -0.685. The van der Waals surface area contributed by atoms with Gasteiger partial charge in [-0.05, 0) is 12.1 Å². The fourth-order valence-corrected chi connectivity index (χ4v) is 1.69. The van der Waals surface area contributed by atoms with Crippen LogP contribution < -0.4 is 5.32 Å². The monoisotopic (exact) mass is 301 g/mol. The summed E-state index contributed by atoms with van der Waals surface area (Å²) in [7, 11) is 0.